The van der Waals surface area contributed by atoms with Crippen molar-refractivity contribution in [3.8, 4) is 0 Å². The summed E-state index contributed by atoms with van der Waals surface area (Å²) in [6, 6.07) is 21.5. The monoisotopic (exact) mass is 455 g/mol. The van der Waals surface area contributed by atoms with Gasteiger partial charge in [0, 0.05) is 49.8 Å². The van der Waals surface area contributed by atoms with E-state index in [2.05, 4.69) is 5.32 Å². The van der Waals surface area contributed by atoms with Crippen LogP contribution in [-0.2, 0) is 16.1 Å². The topological polar surface area (TPSA) is 69.7 Å². The van der Waals surface area contributed by atoms with Gasteiger partial charge in [0.1, 0.15) is 0 Å². The van der Waals surface area contributed by atoms with Gasteiger partial charge in [0.2, 0.25) is 11.8 Å². The molecule has 6 nitrogen and oxygen atoms in total. The van der Waals surface area contributed by atoms with Crippen LogP contribution in [0, 0.1) is 5.92 Å². The number of hydrogen-bond acceptors (Lipinski definition) is 3. The molecule has 0 aliphatic carbocycles. The highest BCUT2D eigenvalue weighted by atomic mass is 16.2. The van der Waals surface area contributed by atoms with Crippen molar-refractivity contribution < 1.29 is 14.4 Å². The Hall–Kier alpha value is -3.67. The van der Waals surface area contributed by atoms with E-state index in [-0.39, 0.29) is 23.6 Å². The largest absolute Gasteiger partial charge is 0.339 e. The zero-order valence-electron chi connectivity index (χ0n) is 19.2. The molecule has 2 aliphatic rings. The highest BCUT2D eigenvalue weighted by Gasteiger charge is 2.28. The van der Waals surface area contributed by atoms with Crippen LogP contribution < -0.4 is 5.32 Å². The first kappa shape index (κ1) is 22.1. The number of likely N-dealkylation sites (tertiary alicyclic amines) is 2. The Labute approximate surface area is 199 Å². The second-order valence-electron chi connectivity index (χ2n) is 9.20. The van der Waals surface area contributed by atoms with Crippen molar-refractivity contribution in [2.75, 3.05) is 25.0 Å². The number of amides is 3. The van der Waals surface area contributed by atoms with E-state index in [4.69, 9.17) is 0 Å². The van der Waals surface area contributed by atoms with E-state index in [1.54, 1.807) is 0 Å². The maximum absolute atomic E-state index is 13.2. The molecule has 3 aromatic carbocycles. The third kappa shape index (κ3) is 4.67. The maximum atomic E-state index is 13.2. The number of carbonyl (C=O) groups is 3. The first-order chi connectivity index (χ1) is 16.6. The van der Waals surface area contributed by atoms with Gasteiger partial charge in [-0.3, -0.25) is 14.4 Å². The fourth-order valence-corrected chi connectivity index (χ4v) is 5.01. The van der Waals surface area contributed by atoms with Gasteiger partial charge in [0.25, 0.3) is 5.91 Å². The molecule has 0 bridgehead atoms. The zero-order valence-corrected chi connectivity index (χ0v) is 19.2. The molecule has 3 aromatic rings. The summed E-state index contributed by atoms with van der Waals surface area (Å²) >= 11 is 0. The fraction of sp³-hybridized carbons (Fsp3) is 0.321. The van der Waals surface area contributed by atoms with Gasteiger partial charge in [-0.25, -0.2) is 0 Å². The molecule has 2 fully saturated rings. The molecule has 6 heteroatoms. The van der Waals surface area contributed by atoms with Gasteiger partial charge in [-0.05, 0) is 53.8 Å². The summed E-state index contributed by atoms with van der Waals surface area (Å²) in [6.45, 7) is 2.51. The lowest BCUT2D eigenvalue weighted by Gasteiger charge is -2.31. The van der Waals surface area contributed by atoms with E-state index in [0.29, 0.717) is 44.5 Å². The summed E-state index contributed by atoms with van der Waals surface area (Å²) in [4.78, 5) is 41.7. The number of piperidine rings is 1. The Morgan fingerprint density at radius 2 is 1.68 bits per heavy atom. The molecule has 0 atom stereocenters. The summed E-state index contributed by atoms with van der Waals surface area (Å²) < 4.78 is 0. The fourth-order valence-electron chi connectivity index (χ4n) is 5.01. The zero-order chi connectivity index (χ0) is 23.5. The van der Waals surface area contributed by atoms with Crippen molar-refractivity contribution in [2.24, 2.45) is 5.92 Å². The van der Waals surface area contributed by atoms with Crippen molar-refractivity contribution in [1.82, 2.24) is 9.80 Å². The molecular formula is C28H29N3O3. The minimum absolute atomic E-state index is 0.00772. The average molecular weight is 456 g/mol. The van der Waals surface area contributed by atoms with Gasteiger partial charge in [0.15, 0.2) is 0 Å². The quantitative estimate of drug-likeness (QED) is 0.618. The van der Waals surface area contributed by atoms with E-state index < -0.39 is 0 Å². The van der Waals surface area contributed by atoms with Gasteiger partial charge >= 0.3 is 0 Å². The average Bonchev–Trinajstić information content (AvgIpc) is 3.27. The van der Waals surface area contributed by atoms with Crippen LogP contribution in [0.3, 0.4) is 0 Å². The van der Waals surface area contributed by atoms with Crippen LogP contribution in [0.1, 0.15) is 41.6 Å². The van der Waals surface area contributed by atoms with E-state index in [1.807, 2.05) is 76.5 Å². The summed E-state index contributed by atoms with van der Waals surface area (Å²) in [5, 5.41) is 5.06. The second kappa shape index (κ2) is 9.67. The van der Waals surface area contributed by atoms with E-state index in [1.165, 1.54) is 0 Å². The Morgan fingerprint density at radius 1 is 0.912 bits per heavy atom. The molecule has 34 heavy (non-hydrogen) atoms. The molecule has 2 heterocycles. The summed E-state index contributed by atoms with van der Waals surface area (Å²) in [7, 11) is 0. The number of rotatable bonds is 5. The number of carbonyl (C=O) groups excluding carboxylic acids is 3. The molecule has 0 radical (unpaired) electrons. The SMILES string of the molecule is O=C(Nc1cccc(CN2CCCC2=O)c1)C1CCN(C(=O)c2cccc3ccccc23)CC1. The molecule has 2 aliphatic heterocycles. The molecule has 1 N–H and O–H groups in total. The lowest BCUT2D eigenvalue weighted by molar-refractivity contribution is -0.128. The molecular weight excluding hydrogens is 426 g/mol. The molecule has 174 valence electrons. The number of anilines is 1. The highest BCUT2D eigenvalue weighted by Crippen LogP contribution is 2.25. The van der Waals surface area contributed by atoms with Crippen molar-refractivity contribution in [2.45, 2.75) is 32.2 Å². The number of fused-ring (bicyclic) bond motifs is 1. The number of hydrogen-bond donors (Lipinski definition) is 1. The Balaban J connectivity index is 1.18. The number of nitrogens with one attached hydrogen (secondary N) is 1. The standard InChI is InChI=1S/C28H29N3O3/c32-26-12-5-15-31(26)19-20-6-3-9-23(18-20)29-27(33)22-13-16-30(17-14-22)28(34)25-11-4-8-21-7-1-2-10-24(21)25/h1-4,6-11,18,22H,5,12-17,19H2,(H,29,33). The first-order valence-electron chi connectivity index (χ1n) is 12.0. The van der Waals surface area contributed by atoms with E-state index >= 15 is 0 Å². The van der Waals surface area contributed by atoms with Crippen molar-refractivity contribution in [3.05, 3.63) is 77.9 Å². The van der Waals surface area contributed by atoms with Gasteiger partial charge in [-0.2, -0.15) is 0 Å². The van der Waals surface area contributed by atoms with Crippen molar-refractivity contribution in [3.63, 3.8) is 0 Å². The molecule has 5 rings (SSSR count). The molecule has 3 amide bonds. The van der Waals surface area contributed by atoms with Gasteiger partial charge in [0.05, 0.1) is 0 Å². The first-order valence-corrected chi connectivity index (χ1v) is 12.0. The normalized spacial score (nSPS) is 16.8. The van der Waals surface area contributed by atoms with Crippen LogP contribution in [-0.4, -0.2) is 47.2 Å². The lowest BCUT2D eigenvalue weighted by atomic mass is 9.94. The minimum atomic E-state index is -0.125. The van der Waals surface area contributed by atoms with Gasteiger partial charge in [-0.15, -0.1) is 0 Å². The molecule has 0 spiro atoms. The Bertz CT molecular complexity index is 1230. The van der Waals surface area contributed by atoms with Crippen LogP contribution in [0.5, 0.6) is 0 Å². The Morgan fingerprint density at radius 3 is 2.47 bits per heavy atom. The summed E-state index contributed by atoms with van der Waals surface area (Å²) in [5.41, 5.74) is 2.49. The number of nitrogens with zero attached hydrogens (tertiary/aromatic N) is 2. The van der Waals surface area contributed by atoms with Crippen LogP contribution in [0.15, 0.2) is 66.7 Å². The third-order valence-electron chi connectivity index (χ3n) is 6.91. The molecule has 2 saturated heterocycles. The minimum Gasteiger partial charge on any atom is -0.339 e. The van der Waals surface area contributed by atoms with Crippen molar-refractivity contribution >= 4 is 34.2 Å². The Kier molecular flexibility index (Phi) is 6.30. The summed E-state index contributed by atoms with van der Waals surface area (Å²) in [6.07, 6.45) is 2.82. The lowest BCUT2D eigenvalue weighted by Crippen LogP contribution is -2.41. The smallest absolute Gasteiger partial charge is 0.254 e. The van der Waals surface area contributed by atoms with Crippen molar-refractivity contribution in [1.29, 1.82) is 0 Å². The predicted octanol–water partition coefficient (Wildman–Crippen LogP) is 4.45. The van der Waals surface area contributed by atoms with Gasteiger partial charge < -0.3 is 15.1 Å². The third-order valence-corrected chi connectivity index (χ3v) is 6.91. The van der Waals surface area contributed by atoms with Gasteiger partial charge in [-0.1, -0.05) is 48.5 Å². The number of benzene rings is 3. The highest BCUT2D eigenvalue weighted by molar-refractivity contribution is 6.07. The molecule has 0 saturated carbocycles. The van der Waals surface area contributed by atoms with E-state index in [9.17, 15) is 14.4 Å². The summed E-state index contributed by atoms with van der Waals surface area (Å²) in [5.74, 6) is 0.0890. The predicted molar refractivity (Wildman–Crippen MR) is 132 cm³/mol. The van der Waals surface area contributed by atoms with E-state index in [0.717, 1.165) is 35.0 Å². The maximum Gasteiger partial charge on any atom is 0.254 e. The second-order valence-corrected chi connectivity index (χ2v) is 9.20. The molecule has 0 aromatic heterocycles. The van der Waals surface area contributed by atoms with Crippen LogP contribution >= 0.6 is 0 Å². The molecule has 0 unspecified atom stereocenters. The van der Waals surface area contributed by atoms with Crippen LogP contribution in [0.4, 0.5) is 5.69 Å². The van der Waals surface area contributed by atoms with Crippen LogP contribution in [0.2, 0.25) is 0 Å². The van der Waals surface area contributed by atoms with Crippen LogP contribution in [0.25, 0.3) is 10.8 Å².